The highest BCUT2D eigenvalue weighted by atomic mass is 32.2. The van der Waals surface area contributed by atoms with Crippen LogP contribution < -0.4 is 10.5 Å². The maximum absolute atomic E-state index is 11.3. The zero-order valence-corrected chi connectivity index (χ0v) is 12.4. The van der Waals surface area contributed by atoms with Gasteiger partial charge in [0.2, 0.25) is 10.0 Å². The Labute approximate surface area is 113 Å². The second-order valence-corrected chi connectivity index (χ2v) is 6.69. The van der Waals surface area contributed by atoms with Crippen molar-refractivity contribution in [1.29, 1.82) is 0 Å². The molecule has 0 aliphatic carbocycles. The molecule has 6 heteroatoms. The zero-order chi connectivity index (χ0) is 13.6. The molecule has 0 aliphatic heterocycles. The highest BCUT2D eigenvalue weighted by molar-refractivity contribution is 7.98. The van der Waals surface area contributed by atoms with Crippen molar-refractivity contribution in [1.82, 2.24) is 5.32 Å². The van der Waals surface area contributed by atoms with Crippen molar-refractivity contribution in [3.63, 3.8) is 0 Å². The van der Waals surface area contributed by atoms with E-state index in [1.165, 1.54) is 6.07 Å². The number of benzene rings is 1. The molecule has 0 spiro atoms. The maximum Gasteiger partial charge on any atom is 0.238 e. The van der Waals surface area contributed by atoms with Crippen molar-refractivity contribution in [2.24, 2.45) is 5.14 Å². The first kappa shape index (κ1) is 15.5. The van der Waals surface area contributed by atoms with Crippen molar-refractivity contribution < 1.29 is 8.42 Å². The third-order valence-electron chi connectivity index (χ3n) is 2.66. The van der Waals surface area contributed by atoms with E-state index < -0.39 is 10.0 Å². The maximum atomic E-state index is 11.3. The van der Waals surface area contributed by atoms with Gasteiger partial charge in [0.25, 0.3) is 0 Å². The molecule has 0 saturated carbocycles. The van der Waals surface area contributed by atoms with Crippen LogP contribution in [0.4, 0.5) is 0 Å². The molecule has 1 aromatic carbocycles. The van der Waals surface area contributed by atoms with Crippen LogP contribution in [0.5, 0.6) is 0 Å². The SMILES string of the molecule is CSCCCNC(C)c1cccc(S(N)(=O)=O)c1. The van der Waals surface area contributed by atoms with E-state index in [9.17, 15) is 8.42 Å². The van der Waals surface area contributed by atoms with Gasteiger partial charge in [-0.05, 0) is 49.6 Å². The Bertz CT molecular complexity index is 475. The van der Waals surface area contributed by atoms with Crippen molar-refractivity contribution in [2.45, 2.75) is 24.3 Å². The lowest BCUT2D eigenvalue weighted by Gasteiger charge is -2.14. The summed E-state index contributed by atoms with van der Waals surface area (Å²) in [5.41, 5.74) is 0.936. The van der Waals surface area contributed by atoms with Crippen LogP contribution in [0.2, 0.25) is 0 Å². The lowest BCUT2D eigenvalue weighted by Crippen LogP contribution is -2.21. The number of nitrogens with two attached hydrogens (primary N) is 1. The van der Waals surface area contributed by atoms with E-state index in [4.69, 9.17) is 5.14 Å². The van der Waals surface area contributed by atoms with Crippen molar-refractivity contribution in [2.75, 3.05) is 18.6 Å². The number of sulfonamides is 1. The zero-order valence-electron chi connectivity index (χ0n) is 10.7. The molecule has 0 radical (unpaired) electrons. The van der Waals surface area contributed by atoms with Gasteiger partial charge in [-0.3, -0.25) is 0 Å². The quantitative estimate of drug-likeness (QED) is 0.750. The summed E-state index contributed by atoms with van der Waals surface area (Å²) in [5.74, 6) is 1.12. The minimum absolute atomic E-state index is 0.119. The van der Waals surface area contributed by atoms with Gasteiger partial charge in [-0.1, -0.05) is 12.1 Å². The molecule has 102 valence electrons. The number of hydrogen-bond acceptors (Lipinski definition) is 4. The third-order valence-corrected chi connectivity index (χ3v) is 4.27. The van der Waals surface area contributed by atoms with E-state index in [1.807, 2.05) is 24.8 Å². The molecule has 18 heavy (non-hydrogen) atoms. The Morgan fingerprint density at radius 2 is 2.17 bits per heavy atom. The number of hydrogen-bond donors (Lipinski definition) is 2. The van der Waals surface area contributed by atoms with Gasteiger partial charge in [-0.2, -0.15) is 11.8 Å². The molecular weight excluding hydrogens is 268 g/mol. The van der Waals surface area contributed by atoms with Crippen LogP contribution >= 0.6 is 11.8 Å². The Balaban J connectivity index is 2.66. The van der Waals surface area contributed by atoms with Crippen LogP contribution in [0.1, 0.15) is 24.9 Å². The first-order valence-electron chi connectivity index (χ1n) is 5.80. The van der Waals surface area contributed by atoms with Crippen LogP contribution in [0.15, 0.2) is 29.2 Å². The Morgan fingerprint density at radius 1 is 1.44 bits per heavy atom. The van der Waals surface area contributed by atoms with Crippen LogP contribution in [0, 0.1) is 0 Å². The van der Waals surface area contributed by atoms with Gasteiger partial charge >= 0.3 is 0 Å². The topological polar surface area (TPSA) is 72.2 Å². The molecule has 1 rings (SSSR count). The Hall–Kier alpha value is -0.560. The van der Waals surface area contributed by atoms with E-state index in [-0.39, 0.29) is 10.9 Å². The lowest BCUT2D eigenvalue weighted by atomic mass is 10.1. The average Bonchev–Trinajstić information content (AvgIpc) is 2.33. The van der Waals surface area contributed by atoms with E-state index >= 15 is 0 Å². The van der Waals surface area contributed by atoms with Crippen molar-refractivity contribution in [3.8, 4) is 0 Å². The standard InChI is InChI=1S/C12H20N2O2S2/c1-10(14-7-4-8-17-2)11-5-3-6-12(9-11)18(13,15)16/h3,5-6,9-10,14H,4,7-8H2,1-2H3,(H2,13,15,16). The molecule has 0 aromatic heterocycles. The molecule has 1 atom stereocenters. The van der Waals surface area contributed by atoms with E-state index in [1.54, 1.807) is 12.1 Å². The second kappa shape index (κ2) is 7.13. The van der Waals surface area contributed by atoms with Crippen LogP contribution in [-0.4, -0.2) is 27.0 Å². The number of nitrogens with one attached hydrogen (secondary N) is 1. The summed E-state index contributed by atoms with van der Waals surface area (Å²) in [6, 6.07) is 6.88. The van der Waals surface area contributed by atoms with Gasteiger partial charge in [-0.25, -0.2) is 13.6 Å². The highest BCUT2D eigenvalue weighted by Crippen LogP contribution is 2.16. The largest absolute Gasteiger partial charge is 0.310 e. The molecule has 0 heterocycles. The lowest BCUT2D eigenvalue weighted by molar-refractivity contribution is 0.570. The first-order valence-corrected chi connectivity index (χ1v) is 8.74. The molecule has 3 N–H and O–H groups in total. The molecule has 1 unspecified atom stereocenters. The normalized spacial score (nSPS) is 13.5. The summed E-state index contributed by atoms with van der Waals surface area (Å²) in [5, 5.41) is 8.48. The highest BCUT2D eigenvalue weighted by Gasteiger charge is 2.10. The number of thioether (sulfide) groups is 1. The molecule has 0 saturated heterocycles. The number of rotatable bonds is 7. The van der Waals surface area contributed by atoms with E-state index in [0.29, 0.717) is 0 Å². The van der Waals surface area contributed by atoms with Gasteiger partial charge < -0.3 is 5.32 Å². The molecule has 0 bridgehead atoms. The summed E-state index contributed by atoms with van der Waals surface area (Å²) in [7, 11) is -3.62. The van der Waals surface area contributed by atoms with Crippen molar-refractivity contribution in [3.05, 3.63) is 29.8 Å². The van der Waals surface area contributed by atoms with Gasteiger partial charge in [0.05, 0.1) is 4.90 Å². The van der Waals surface area contributed by atoms with E-state index in [2.05, 4.69) is 11.6 Å². The minimum Gasteiger partial charge on any atom is -0.310 e. The van der Waals surface area contributed by atoms with Gasteiger partial charge in [0.1, 0.15) is 0 Å². The third kappa shape index (κ3) is 4.97. The van der Waals surface area contributed by atoms with Crippen LogP contribution in [0.25, 0.3) is 0 Å². The van der Waals surface area contributed by atoms with Gasteiger partial charge in [0, 0.05) is 6.04 Å². The molecule has 4 nitrogen and oxygen atoms in total. The summed E-state index contributed by atoms with van der Waals surface area (Å²) in [6.45, 7) is 2.93. The summed E-state index contributed by atoms with van der Waals surface area (Å²) in [4.78, 5) is 0.165. The van der Waals surface area contributed by atoms with Crippen LogP contribution in [0.3, 0.4) is 0 Å². The average molecular weight is 288 g/mol. The molecule has 0 aliphatic rings. The fraction of sp³-hybridized carbons (Fsp3) is 0.500. The minimum atomic E-state index is -3.62. The smallest absolute Gasteiger partial charge is 0.238 e. The first-order chi connectivity index (χ1) is 8.45. The molecule has 0 amide bonds. The van der Waals surface area contributed by atoms with Crippen LogP contribution in [-0.2, 0) is 10.0 Å². The Morgan fingerprint density at radius 3 is 2.78 bits per heavy atom. The monoisotopic (exact) mass is 288 g/mol. The van der Waals surface area contributed by atoms with Crippen molar-refractivity contribution >= 4 is 21.8 Å². The predicted molar refractivity (Wildman–Crippen MR) is 77.2 cm³/mol. The summed E-state index contributed by atoms with van der Waals surface area (Å²) in [6.07, 6.45) is 3.18. The molecule has 1 aromatic rings. The van der Waals surface area contributed by atoms with E-state index in [0.717, 1.165) is 24.3 Å². The van der Waals surface area contributed by atoms with Gasteiger partial charge in [-0.15, -0.1) is 0 Å². The fourth-order valence-electron chi connectivity index (χ4n) is 1.61. The molecule has 0 fully saturated rings. The predicted octanol–water partition coefficient (Wildman–Crippen LogP) is 1.74. The summed E-state index contributed by atoms with van der Waals surface area (Å²) >= 11 is 1.82. The second-order valence-electron chi connectivity index (χ2n) is 4.14. The number of primary sulfonamides is 1. The fourth-order valence-corrected chi connectivity index (χ4v) is 2.62. The van der Waals surface area contributed by atoms with Gasteiger partial charge in [0.15, 0.2) is 0 Å². The summed E-state index contributed by atoms with van der Waals surface area (Å²) < 4.78 is 22.5. The molecular formula is C12H20N2O2S2. The Kier molecular flexibility index (Phi) is 6.14.